The first-order valence-corrected chi connectivity index (χ1v) is 6.38. The van der Waals surface area contributed by atoms with Crippen molar-refractivity contribution < 1.29 is 0 Å². The Labute approximate surface area is 104 Å². The van der Waals surface area contributed by atoms with E-state index in [-0.39, 0.29) is 0 Å². The normalized spacial score (nSPS) is 15.3. The third kappa shape index (κ3) is 2.31. The van der Waals surface area contributed by atoms with Crippen molar-refractivity contribution in [3.05, 3.63) is 29.1 Å². The van der Waals surface area contributed by atoms with Gasteiger partial charge in [0, 0.05) is 31.4 Å². The van der Waals surface area contributed by atoms with Gasteiger partial charge in [-0.1, -0.05) is 0 Å². The summed E-state index contributed by atoms with van der Waals surface area (Å²) in [5.74, 6) is 1.77. The lowest BCUT2D eigenvalue weighted by atomic mass is 10.3. The number of rotatable bonds is 5. The lowest BCUT2D eigenvalue weighted by Gasteiger charge is -2.06. The summed E-state index contributed by atoms with van der Waals surface area (Å²) in [6.07, 6.45) is 7.31. The summed E-state index contributed by atoms with van der Waals surface area (Å²) < 4.78 is 4.82. The molecule has 5 nitrogen and oxygen atoms in total. The molecule has 0 saturated heterocycles. The van der Waals surface area contributed by atoms with Crippen LogP contribution in [-0.4, -0.2) is 24.5 Å². The molecule has 2 heterocycles. The molecule has 3 rings (SSSR count). The second-order valence-corrected chi connectivity index (χ2v) is 4.82. The average Bonchev–Trinajstić information content (AvgIpc) is 2.91. The Balaban J connectivity index is 1.64. The van der Waals surface area contributed by atoms with E-state index in [1.54, 1.807) is 6.20 Å². The van der Waals surface area contributed by atoms with Crippen molar-refractivity contribution in [1.29, 1.82) is 0 Å². The molecule has 0 amide bonds. The van der Waals surface area contributed by atoms with Crippen LogP contribution >= 0.6 is 12.2 Å². The molecule has 0 aromatic carbocycles. The van der Waals surface area contributed by atoms with Gasteiger partial charge in [-0.25, -0.2) is 0 Å². The first-order chi connectivity index (χ1) is 8.34. The van der Waals surface area contributed by atoms with Gasteiger partial charge in [-0.2, -0.15) is 10.2 Å². The van der Waals surface area contributed by atoms with Crippen LogP contribution in [0, 0.1) is 4.77 Å². The summed E-state index contributed by atoms with van der Waals surface area (Å²) in [5.41, 5.74) is 0. The highest BCUT2D eigenvalue weighted by Crippen LogP contribution is 2.38. The minimum absolute atomic E-state index is 0.632. The van der Waals surface area contributed by atoms with Crippen LogP contribution in [0.15, 0.2) is 18.5 Å². The molecule has 0 spiro atoms. The number of nitrogens with one attached hydrogen (secondary N) is 1. The van der Waals surface area contributed by atoms with Gasteiger partial charge in [-0.3, -0.25) is 9.78 Å². The molecule has 1 fully saturated rings. The molecule has 0 radical (unpaired) electrons. The summed E-state index contributed by atoms with van der Waals surface area (Å²) >= 11 is 5.26. The molecule has 0 unspecified atom stereocenters. The molecule has 1 saturated carbocycles. The lowest BCUT2D eigenvalue weighted by Crippen LogP contribution is -2.07. The van der Waals surface area contributed by atoms with Crippen LogP contribution in [0.4, 0.5) is 0 Å². The summed E-state index contributed by atoms with van der Waals surface area (Å²) in [6.45, 7) is 1.84. The first kappa shape index (κ1) is 10.7. The first-order valence-electron chi connectivity index (χ1n) is 5.97. The molecule has 2 aromatic heterocycles. The van der Waals surface area contributed by atoms with E-state index in [1.807, 2.05) is 16.9 Å². The molecule has 6 heteroatoms. The van der Waals surface area contributed by atoms with Gasteiger partial charge in [0.25, 0.3) is 0 Å². The minimum Gasteiger partial charge on any atom is -0.304 e. The zero-order valence-electron chi connectivity index (χ0n) is 9.54. The Bertz CT molecular complexity index is 534. The maximum absolute atomic E-state index is 5.26. The molecular weight excluding hydrogens is 234 g/mol. The fraction of sp³-hybridized carbons (Fsp3) is 0.545. The maximum atomic E-state index is 5.26. The second-order valence-electron chi connectivity index (χ2n) is 4.44. The summed E-state index contributed by atoms with van der Waals surface area (Å²) in [7, 11) is 0. The Morgan fingerprint density at radius 1 is 1.41 bits per heavy atom. The number of H-pyrrole nitrogens is 1. The van der Waals surface area contributed by atoms with Crippen LogP contribution in [0.1, 0.15) is 31.0 Å². The zero-order valence-corrected chi connectivity index (χ0v) is 10.4. The summed E-state index contributed by atoms with van der Waals surface area (Å²) in [6, 6.07) is 1.94. The summed E-state index contributed by atoms with van der Waals surface area (Å²) in [4.78, 5) is 0. The standard InChI is InChI=1S/C11H15N5S/c17-11-14-13-10(9-3-4-9)16(11)8-2-7-15-6-1-5-12-15/h1,5-6,9H,2-4,7-8H2,(H,14,17). The maximum Gasteiger partial charge on any atom is 0.195 e. The van der Waals surface area contributed by atoms with Gasteiger partial charge < -0.3 is 4.57 Å². The molecule has 17 heavy (non-hydrogen) atoms. The van der Waals surface area contributed by atoms with Crippen LogP contribution in [0.5, 0.6) is 0 Å². The highest BCUT2D eigenvalue weighted by atomic mass is 32.1. The van der Waals surface area contributed by atoms with E-state index in [9.17, 15) is 0 Å². The van der Waals surface area contributed by atoms with E-state index in [0.717, 1.165) is 30.1 Å². The van der Waals surface area contributed by atoms with E-state index >= 15 is 0 Å². The van der Waals surface area contributed by atoms with Crippen molar-refractivity contribution in [2.24, 2.45) is 0 Å². The van der Waals surface area contributed by atoms with Gasteiger partial charge in [0.15, 0.2) is 4.77 Å². The molecule has 1 N–H and O–H groups in total. The number of aromatic amines is 1. The lowest BCUT2D eigenvalue weighted by molar-refractivity contribution is 0.514. The number of aromatic nitrogens is 5. The van der Waals surface area contributed by atoms with Crippen molar-refractivity contribution in [3.8, 4) is 0 Å². The monoisotopic (exact) mass is 249 g/mol. The molecule has 0 atom stereocenters. The number of nitrogens with zero attached hydrogens (tertiary/aromatic N) is 4. The van der Waals surface area contributed by atoms with Gasteiger partial charge in [-0.15, -0.1) is 0 Å². The summed E-state index contributed by atoms with van der Waals surface area (Å²) in [5, 5.41) is 11.4. The molecule has 1 aliphatic carbocycles. The Morgan fingerprint density at radius 2 is 2.29 bits per heavy atom. The van der Waals surface area contributed by atoms with Crippen LogP contribution in [0.3, 0.4) is 0 Å². The van der Waals surface area contributed by atoms with Gasteiger partial charge in [0.2, 0.25) is 0 Å². The van der Waals surface area contributed by atoms with Crippen molar-refractivity contribution >= 4 is 12.2 Å². The zero-order chi connectivity index (χ0) is 11.7. The van der Waals surface area contributed by atoms with Crippen LogP contribution in [0.25, 0.3) is 0 Å². The molecule has 1 aliphatic rings. The van der Waals surface area contributed by atoms with E-state index in [1.165, 1.54) is 12.8 Å². The van der Waals surface area contributed by atoms with Gasteiger partial charge in [0.1, 0.15) is 5.82 Å². The van der Waals surface area contributed by atoms with Crippen molar-refractivity contribution in [2.75, 3.05) is 0 Å². The smallest absolute Gasteiger partial charge is 0.195 e. The van der Waals surface area contributed by atoms with Crippen LogP contribution in [-0.2, 0) is 13.1 Å². The third-order valence-corrected chi connectivity index (χ3v) is 3.37. The molecule has 2 aromatic rings. The Kier molecular flexibility index (Phi) is 2.80. The molecule has 0 bridgehead atoms. The number of hydrogen-bond donors (Lipinski definition) is 1. The predicted molar refractivity (Wildman–Crippen MR) is 66.2 cm³/mol. The average molecular weight is 249 g/mol. The van der Waals surface area contributed by atoms with Crippen molar-refractivity contribution in [1.82, 2.24) is 24.5 Å². The van der Waals surface area contributed by atoms with Crippen LogP contribution in [0.2, 0.25) is 0 Å². The Morgan fingerprint density at radius 3 is 3.00 bits per heavy atom. The Hall–Kier alpha value is -1.43. The van der Waals surface area contributed by atoms with Crippen LogP contribution < -0.4 is 0 Å². The molecular formula is C11H15N5S. The third-order valence-electron chi connectivity index (χ3n) is 3.06. The highest BCUT2D eigenvalue weighted by Gasteiger charge is 2.28. The fourth-order valence-corrected chi connectivity index (χ4v) is 2.25. The van der Waals surface area contributed by atoms with E-state index in [0.29, 0.717) is 5.92 Å². The van der Waals surface area contributed by atoms with Gasteiger partial charge in [0.05, 0.1) is 0 Å². The van der Waals surface area contributed by atoms with Crippen molar-refractivity contribution in [2.45, 2.75) is 38.3 Å². The SMILES string of the molecule is S=c1[nH]nc(C2CC2)n1CCCn1cccn1. The quantitative estimate of drug-likeness (QED) is 0.826. The van der Waals surface area contributed by atoms with E-state index in [4.69, 9.17) is 12.2 Å². The molecule has 0 aliphatic heterocycles. The minimum atomic E-state index is 0.632. The van der Waals surface area contributed by atoms with E-state index < -0.39 is 0 Å². The predicted octanol–water partition coefficient (Wildman–Crippen LogP) is 2.10. The van der Waals surface area contributed by atoms with Crippen molar-refractivity contribution in [3.63, 3.8) is 0 Å². The van der Waals surface area contributed by atoms with E-state index in [2.05, 4.69) is 19.9 Å². The largest absolute Gasteiger partial charge is 0.304 e. The van der Waals surface area contributed by atoms with Gasteiger partial charge in [-0.05, 0) is 37.5 Å². The number of hydrogen-bond acceptors (Lipinski definition) is 3. The molecule has 90 valence electrons. The topological polar surface area (TPSA) is 51.4 Å². The number of aryl methyl sites for hydroxylation is 1. The fourth-order valence-electron chi connectivity index (χ4n) is 2.02. The van der Waals surface area contributed by atoms with Gasteiger partial charge >= 0.3 is 0 Å². The highest BCUT2D eigenvalue weighted by molar-refractivity contribution is 7.71. The second kappa shape index (κ2) is 4.44.